The van der Waals surface area contributed by atoms with E-state index >= 15 is 0 Å². The molecule has 0 saturated carbocycles. The van der Waals surface area contributed by atoms with Gasteiger partial charge in [-0.25, -0.2) is 0 Å². The molecule has 254 valence electrons. The van der Waals surface area contributed by atoms with E-state index < -0.39 is 0 Å². The molecule has 5 heteroatoms. The number of rotatable bonds is 8. The monoisotopic (exact) mass is 683 g/mol. The van der Waals surface area contributed by atoms with Crippen LogP contribution in [0.15, 0.2) is 170 Å². The van der Waals surface area contributed by atoms with Crippen LogP contribution < -0.4 is 0 Å². The van der Waals surface area contributed by atoms with Crippen LogP contribution in [0.4, 0.5) is 0 Å². The first kappa shape index (κ1) is 31.1. The molecule has 0 aliphatic heterocycles. The molecule has 0 atom stereocenters. The first-order valence-electron chi connectivity index (χ1n) is 18.5. The largest absolute Gasteiger partial charge is 0.309 e. The van der Waals surface area contributed by atoms with Crippen molar-refractivity contribution in [3.8, 4) is 39.8 Å². The minimum atomic E-state index is 0.807. The second kappa shape index (κ2) is 12.8. The lowest BCUT2D eigenvalue weighted by atomic mass is 10.1. The van der Waals surface area contributed by atoms with Gasteiger partial charge >= 0.3 is 0 Å². The summed E-state index contributed by atoms with van der Waals surface area (Å²) in [4.78, 5) is 0. The van der Waals surface area contributed by atoms with Gasteiger partial charge in [-0.1, -0.05) is 98.3 Å². The number of nitrogens with zero attached hydrogens (tertiary/aromatic N) is 5. The maximum absolute atomic E-state index is 4.86. The van der Waals surface area contributed by atoms with Gasteiger partial charge in [-0.15, -0.1) is 10.2 Å². The third-order valence-electron chi connectivity index (χ3n) is 10.6. The third-order valence-corrected chi connectivity index (χ3v) is 10.6. The molecule has 0 N–H and O–H groups in total. The molecule has 0 spiro atoms. The molecule has 0 radical (unpaired) electrons. The van der Waals surface area contributed by atoms with Crippen molar-refractivity contribution in [1.82, 2.24) is 23.9 Å². The van der Waals surface area contributed by atoms with Crippen molar-refractivity contribution in [2.45, 2.75) is 26.2 Å². The highest BCUT2D eigenvalue weighted by molar-refractivity contribution is 6.10. The second-order valence-electron chi connectivity index (χ2n) is 13.8. The van der Waals surface area contributed by atoms with Crippen LogP contribution in [-0.4, -0.2) is 23.9 Å². The molecule has 10 rings (SSSR count). The maximum atomic E-state index is 4.86. The Morgan fingerprint density at radius 2 is 0.717 bits per heavy atom. The number of hydrogen-bond donors (Lipinski definition) is 0. The molecule has 0 aliphatic carbocycles. The number of unbranched alkanes of at least 4 members (excludes halogenated alkanes) is 1. The lowest BCUT2D eigenvalue weighted by Crippen LogP contribution is -2.02. The van der Waals surface area contributed by atoms with E-state index in [0.29, 0.717) is 0 Å². The van der Waals surface area contributed by atoms with Crippen LogP contribution in [0, 0.1) is 0 Å². The third kappa shape index (κ3) is 5.15. The van der Waals surface area contributed by atoms with E-state index in [2.05, 4.69) is 190 Å². The smallest absolute Gasteiger partial charge is 0.168 e. The van der Waals surface area contributed by atoms with Crippen LogP contribution in [-0.2, 0) is 6.42 Å². The average Bonchev–Trinajstić information content (AvgIpc) is 3.91. The lowest BCUT2D eigenvalue weighted by Gasteiger charge is -2.14. The molecule has 0 fully saturated rings. The number of hydrogen-bond acceptors (Lipinski definition) is 2. The normalized spacial score (nSPS) is 11.7. The van der Waals surface area contributed by atoms with Gasteiger partial charge in [0.05, 0.1) is 22.1 Å². The standard InChI is InChI=1S/C48H37N5/c1-2-3-12-33-21-27-38(28-22-33)53-47(34-23-29-36(30-24-34)51-43-17-8-4-13-39(43)40-14-5-9-18-44(40)51)49-50-48(53)35-25-31-37(32-26-35)52-45-19-10-6-15-41(45)42-16-7-11-20-46(42)52/h4-11,13-32H,2-3,12H2,1H3. The fraction of sp³-hybridized carbons (Fsp3) is 0.0833. The summed E-state index contributed by atoms with van der Waals surface area (Å²) >= 11 is 0. The zero-order chi connectivity index (χ0) is 35.3. The molecule has 0 saturated heterocycles. The zero-order valence-corrected chi connectivity index (χ0v) is 29.5. The number of para-hydroxylation sites is 4. The first-order chi connectivity index (χ1) is 26.3. The molecular formula is C48H37N5. The summed E-state index contributed by atoms with van der Waals surface area (Å²) in [7, 11) is 0. The maximum Gasteiger partial charge on any atom is 0.168 e. The molecule has 10 aromatic rings. The van der Waals surface area contributed by atoms with Gasteiger partial charge in [-0.2, -0.15) is 0 Å². The number of aryl methyl sites for hydroxylation is 1. The first-order valence-corrected chi connectivity index (χ1v) is 18.5. The molecule has 7 aromatic carbocycles. The van der Waals surface area contributed by atoms with E-state index in [4.69, 9.17) is 10.2 Å². The topological polar surface area (TPSA) is 40.6 Å². The molecular weight excluding hydrogens is 647 g/mol. The van der Waals surface area contributed by atoms with Crippen LogP contribution in [0.3, 0.4) is 0 Å². The molecule has 0 bridgehead atoms. The minimum Gasteiger partial charge on any atom is -0.309 e. The Bertz CT molecular complexity index is 2620. The van der Waals surface area contributed by atoms with Crippen molar-refractivity contribution >= 4 is 43.6 Å². The second-order valence-corrected chi connectivity index (χ2v) is 13.8. The van der Waals surface area contributed by atoms with E-state index in [1.165, 1.54) is 62.0 Å². The molecule has 0 aliphatic rings. The summed E-state index contributed by atoms with van der Waals surface area (Å²) in [6, 6.07) is 60.9. The van der Waals surface area contributed by atoms with Crippen LogP contribution in [0.2, 0.25) is 0 Å². The van der Waals surface area contributed by atoms with Crippen molar-refractivity contribution in [3.63, 3.8) is 0 Å². The molecule has 3 aromatic heterocycles. The Morgan fingerprint density at radius 3 is 1.09 bits per heavy atom. The molecule has 3 heterocycles. The average molecular weight is 684 g/mol. The highest BCUT2D eigenvalue weighted by Crippen LogP contribution is 2.35. The van der Waals surface area contributed by atoms with E-state index in [1.807, 2.05) is 0 Å². The molecule has 5 nitrogen and oxygen atoms in total. The van der Waals surface area contributed by atoms with Gasteiger partial charge in [0.1, 0.15) is 0 Å². The van der Waals surface area contributed by atoms with Gasteiger partial charge < -0.3 is 9.13 Å². The van der Waals surface area contributed by atoms with Gasteiger partial charge in [0.25, 0.3) is 0 Å². The van der Waals surface area contributed by atoms with Crippen LogP contribution in [0.1, 0.15) is 25.3 Å². The van der Waals surface area contributed by atoms with Gasteiger partial charge in [0.2, 0.25) is 0 Å². The van der Waals surface area contributed by atoms with E-state index in [9.17, 15) is 0 Å². The van der Waals surface area contributed by atoms with Crippen molar-refractivity contribution < 1.29 is 0 Å². The van der Waals surface area contributed by atoms with Crippen LogP contribution in [0.25, 0.3) is 83.4 Å². The van der Waals surface area contributed by atoms with Crippen molar-refractivity contribution in [1.29, 1.82) is 0 Å². The van der Waals surface area contributed by atoms with E-state index in [0.717, 1.165) is 46.3 Å². The quantitative estimate of drug-likeness (QED) is 0.160. The fourth-order valence-electron chi connectivity index (χ4n) is 8.02. The highest BCUT2D eigenvalue weighted by atomic mass is 15.3. The van der Waals surface area contributed by atoms with Crippen molar-refractivity contribution in [2.24, 2.45) is 0 Å². The fourth-order valence-corrected chi connectivity index (χ4v) is 8.02. The highest BCUT2D eigenvalue weighted by Gasteiger charge is 2.19. The summed E-state index contributed by atoms with van der Waals surface area (Å²) < 4.78 is 6.89. The Morgan fingerprint density at radius 1 is 0.377 bits per heavy atom. The number of fused-ring (bicyclic) bond motifs is 6. The zero-order valence-electron chi connectivity index (χ0n) is 29.5. The molecule has 0 unspecified atom stereocenters. The Kier molecular flexibility index (Phi) is 7.50. The van der Waals surface area contributed by atoms with Crippen molar-refractivity contribution in [3.05, 3.63) is 175 Å². The number of benzene rings is 7. The van der Waals surface area contributed by atoms with Crippen LogP contribution >= 0.6 is 0 Å². The van der Waals surface area contributed by atoms with Crippen molar-refractivity contribution in [2.75, 3.05) is 0 Å². The van der Waals surface area contributed by atoms with Gasteiger partial charge in [0.15, 0.2) is 11.6 Å². The Labute approximate surface area is 308 Å². The Hall–Kier alpha value is -6.72. The van der Waals surface area contributed by atoms with Gasteiger partial charge in [-0.05, 0) is 103 Å². The summed E-state index contributed by atoms with van der Waals surface area (Å²) in [5.41, 5.74) is 11.4. The van der Waals surface area contributed by atoms with E-state index in [1.54, 1.807) is 0 Å². The van der Waals surface area contributed by atoms with E-state index in [-0.39, 0.29) is 0 Å². The molecule has 53 heavy (non-hydrogen) atoms. The van der Waals surface area contributed by atoms with Gasteiger partial charge in [0, 0.05) is 49.7 Å². The Balaban J connectivity index is 1.08. The van der Waals surface area contributed by atoms with Crippen LogP contribution in [0.5, 0.6) is 0 Å². The molecule has 0 amide bonds. The summed E-state index contributed by atoms with van der Waals surface area (Å²) in [6.07, 6.45) is 3.43. The predicted octanol–water partition coefficient (Wildman–Crippen LogP) is 12.1. The number of aromatic nitrogens is 5. The minimum absolute atomic E-state index is 0.807. The summed E-state index contributed by atoms with van der Waals surface area (Å²) in [5.74, 6) is 1.61. The summed E-state index contributed by atoms with van der Waals surface area (Å²) in [5, 5.41) is 14.7. The SMILES string of the molecule is CCCCc1ccc(-n2c(-c3ccc(-n4c5ccccc5c5ccccc54)cc3)nnc2-c2ccc(-n3c4ccccc4c4ccccc43)cc2)cc1. The summed E-state index contributed by atoms with van der Waals surface area (Å²) in [6.45, 7) is 2.24. The predicted molar refractivity (Wildman–Crippen MR) is 220 cm³/mol. The lowest BCUT2D eigenvalue weighted by molar-refractivity contribution is 0.795. The van der Waals surface area contributed by atoms with Gasteiger partial charge in [-0.3, -0.25) is 4.57 Å².